The molecule has 2 aliphatic heterocycles. The maximum absolute atomic E-state index is 13.0. The highest BCUT2D eigenvalue weighted by atomic mass is 16.5. The SMILES string of the molecule is COc1cc(OC)cc(C(=O)N2CCN(C3CCOc4ccccc43)CC2)c1. The maximum Gasteiger partial charge on any atom is 0.254 e. The minimum absolute atomic E-state index is 0.0178. The largest absolute Gasteiger partial charge is 0.497 e. The molecule has 0 bridgehead atoms. The van der Waals surface area contributed by atoms with E-state index in [0.717, 1.165) is 31.9 Å². The second-order valence-corrected chi connectivity index (χ2v) is 7.12. The van der Waals surface area contributed by atoms with Crippen LogP contribution in [0.4, 0.5) is 0 Å². The first kappa shape index (κ1) is 18.6. The van der Waals surface area contributed by atoms with Crippen LogP contribution in [0.15, 0.2) is 42.5 Å². The van der Waals surface area contributed by atoms with Gasteiger partial charge in [0.05, 0.1) is 20.8 Å². The van der Waals surface area contributed by atoms with Crippen LogP contribution in [0.2, 0.25) is 0 Å². The van der Waals surface area contributed by atoms with E-state index in [1.165, 1.54) is 5.56 Å². The summed E-state index contributed by atoms with van der Waals surface area (Å²) in [6, 6.07) is 13.9. The van der Waals surface area contributed by atoms with Crippen molar-refractivity contribution in [2.45, 2.75) is 12.5 Å². The number of para-hydroxylation sites is 1. The van der Waals surface area contributed by atoms with Crippen molar-refractivity contribution in [3.05, 3.63) is 53.6 Å². The number of rotatable bonds is 4. The normalized spacial score (nSPS) is 19.5. The number of ether oxygens (including phenoxy) is 3. The lowest BCUT2D eigenvalue weighted by atomic mass is 9.98. The quantitative estimate of drug-likeness (QED) is 0.814. The number of benzene rings is 2. The Balaban J connectivity index is 1.44. The van der Waals surface area contributed by atoms with Gasteiger partial charge in [0.2, 0.25) is 0 Å². The van der Waals surface area contributed by atoms with E-state index in [4.69, 9.17) is 14.2 Å². The van der Waals surface area contributed by atoms with Crippen molar-refractivity contribution < 1.29 is 19.0 Å². The monoisotopic (exact) mass is 382 g/mol. The zero-order valence-corrected chi connectivity index (χ0v) is 16.4. The number of amides is 1. The summed E-state index contributed by atoms with van der Waals surface area (Å²) in [7, 11) is 3.18. The molecule has 2 heterocycles. The highest BCUT2D eigenvalue weighted by Gasteiger charge is 2.31. The summed E-state index contributed by atoms with van der Waals surface area (Å²) in [5.41, 5.74) is 1.85. The molecule has 28 heavy (non-hydrogen) atoms. The van der Waals surface area contributed by atoms with Gasteiger partial charge in [-0.3, -0.25) is 9.69 Å². The van der Waals surface area contributed by atoms with Crippen LogP contribution in [-0.2, 0) is 0 Å². The van der Waals surface area contributed by atoms with E-state index in [9.17, 15) is 4.79 Å². The zero-order chi connectivity index (χ0) is 19.5. The van der Waals surface area contributed by atoms with Gasteiger partial charge in [-0.05, 0) is 18.2 Å². The molecule has 0 radical (unpaired) electrons. The number of nitrogens with zero attached hydrogens (tertiary/aromatic N) is 2. The number of hydrogen-bond acceptors (Lipinski definition) is 5. The molecule has 1 atom stereocenters. The van der Waals surface area contributed by atoms with Crippen molar-refractivity contribution >= 4 is 5.91 Å². The summed E-state index contributed by atoms with van der Waals surface area (Å²) < 4.78 is 16.4. The summed E-state index contributed by atoms with van der Waals surface area (Å²) in [5, 5.41) is 0. The van der Waals surface area contributed by atoms with E-state index >= 15 is 0 Å². The van der Waals surface area contributed by atoms with E-state index < -0.39 is 0 Å². The number of methoxy groups -OCH3 is 2. The van der Waals surface area contributed by atoms with Gasteiger partial charge in [-0.2, -0.15) is 0 Å². The van der Waals surface area contributed by atoms with Gasteiger partial charge in [0, 0.05) is 55.8 Å². The minimum atomic E-state index is 0.0178. The lowest BCUT2D eigenvalue weighted by Crippen LogP contribution is -2.50. The van der Waals surface area contributed by atoms with E-state index in [0.29, 0.717) is 36.2 Å². The summed E-state index contributed by atoms with van der Waals surface area (Å²) in [6.45, 7) is 3.86. The number of hydrogen-bond donors (Lipinski definition) is 0. The molecule has 0 spiro atoms. The number of fused-ring (bicyclic) bond motifs is 1. The maximum atomic E-state index is 13.0. The van der Waals surface area contributed by atoms with Gasteiger partial charge < -0.3 is 19.1 Å². The van der Waals surface area contributed by atoms with Crippen molar-refractivity contribution in [3.63, 3.8) is 0 Å². The summed E-state index contributed by atoms with van der Waals surface area (Å²) in [5.74, 6) is 2.25. The molecular formula is C22H26N2O4. The first-order valence-corrected chi connectivity index (χ1v) is 9.67. The summed E-state index contributed by atoms with van der Waals surface area (Å²) >= 11 is 0. The molecule has 0 aliphatic carbocycles. The Morgan fingerprint density at radius 1 is 1.00 bits per heavy atom. The minimum Gasteiger partial charge on any atom is -0.497 e. The molecule has 2 aliphatic rings. The molecule has 0 saturated carbocycles. The van der Waals surface area contributed by atoms with Gasteiger partial charge in [-0.15, -0.1) is 0 Å². The Labute approximate surface area is 165 Å². The van der Waals surface area contributed by atoms with Crippen molar-refractivity contribution in [2.24, 2.45) is 0 Å². The van der Waals surface area contributed by atoms with Crippen LogP contribution in [0.5, 0.6) is 17.2 Å². The third kappa shape index (κ3) is 3.64. The molecule has 6 heteroatoms. The third-order valence-electron chi connectivity index (χ3n) is 5.57. The average molecular weight is 382 g/mol. The lowest BCUT2D eigenvalue weighted by molar-refractivity contribution is 0.0510. The first-order valence-electron chi connectivity index (χ1n) is 9.67. The van der Waals surface area contributed by atoms with Crippen LogP contribution >= 0.6 is 0 Å². The van der Waals surface area contributed by atoms with Crippen molar-refractivity contribution in [2.75, 3.05) is 47.0 Å². The molecule has 2 aromatic carbocycles. The highest BCUT2D eigenvalue weighted by molar-refractivity contribution is 5.95. The summed E-state index contributed by atoms with van der Waals surface area (Å²) in [4.78, 5) is 17.4. The van der Waals surface area contributed by atoms with Crippen LogP contribution in [0.1, 0.15) is 28.4 Å². The Morgan fingerprint density at radius 3 is 2.36 bits per heavy atom. The van der Waals surface area contributed by atoms with Gasteiger partial charge in [-0.1, -0.05) is 18.2 Å². The van der Waals surface area contributed by atoms with E-state index in [-0.39, 0.29) is 5.91 Å². The van der Waals surface area contributed by atoms with Crippen LogP contribution in [0.3, 0.4) is 0 Å². The molecular weight excluding hydrogens is 356 g/mol. The fourth-order valence-corrected chi connectivity index (χ4v) is 4.05. The first-order chi connectivity index (χ1) is 13.7. The second-order valence-electron chi connectivity index (χ2n) is 7.12. The van der Waals surface area contributed by atoms with Crippen LogP contribution < -0.4 is 14.2 Å². The standard InChI is InChI=1S/C22H26N2O4/c1-26-17-13-16(14-18(15-17)27-2)22(25)24-10-8-23(9-11-24)20-7-12-28-21-6-4-3-5-19(20)21/h3-6,13-15,20H,7-12H2,1-2H3. The molecule has 148 valence electrons. The lowest BCUT2D eigenvalue weighted by Gasteiger charge is -2.41. The molecule has 6 nitrogen and oxygen atoms in total. The van der Waals surface area contributed by atoms with E-state index in [1.807, 2.05) is 17.0 Å². The topological polar surface area (TPSA) is 51.2 Å². The van der Waals surface area contributed by atoms with Crippen molar-refractivity contribution in [1.82, 2.24) is 9.80 Å². The van der Waals surface area contributed by atoms with Gasteiger partial charge in [0.15, 0.2) is 0 Å². The fourth-order valence-electron chi connectivity index (χ4n) is 4.05. The number of carbonyl (C=O) groups is 1. The Morgan fingerprint density at radius 2 is 1.68 bits per heavy atom. The van der Waals surface area contributed by atoms with Gasteiger partial charge in [0.1, 0.15) is 17.2 Å². The smallest absolute Gasteiger partial charge is 0.254 e. The molecule has 1 amide bonds. The average Bonchev–Trinajstić information content (AvgIpc) is 2.78. The molecule has 1 unspecified atom stereocenters. The zero-order valence-electron chi connectivity index (χ0n) is 16.4. The molecule has 1 saturated heterocycles. The molecule has 4 rings (SSSR count). The highest BCUT2D eigenvalue weighted by Crippen LogP contribution is 2.36. The van der Waals surface area contributed by atoms with Crippen LogP contribution in [-0.4, -0.2) is 62.7 Å². The molecule has 0 aromatic heterocycles. The van der Waals surface area contributed by atoms with Crippen molar-refractivity contribution in [3.8, 4) is 17.2 Å². The van der Waals surface area contributed by atoms with Gasteiger partial charge >= 0.3 is 0 Å². The Bertz CT molecular complexity index is 824. The number of carbonyl (C=O) groups excluding carboxylic acids is 1. The Hall–Kier alpha value is -2.73. The van der Waals surface area contributed by atoms with Crippen molar-refractivity contribution in [1.29, 1.82) is 0 Å². The molecule has 1 fully saturated rings. The Kier molecular flexibility index (Phi) is 5.39. The predicted octanol–water partition coefficient (Wildman–Crippen LogP) is 2.99. The van der Waals surface area contributed by atoms with Gasteiger partial charge in [0.25, 0.3) is 5.91 Å². The summed E-state index contributed by atoms with van der Waals surface area (Å²) in [6.07, 6.45) is 0.984. The number of piperazine rings is 1. The molecule has 0 N–H and O–H groups in total. The second kappa shape index (κ2) is 8.10. The fraction of sp³-hybridized carbons (Fsp3) is 0.409. The van der Waals surface area contributed by atoms with Crippen LogP contribution in [0.25, 0.3) is 0 Å². The predicted molar refractivity (Wildman–Crippen MR) is 106 cm³/mol. The van der Waals surface area contributed by atoms with Crippen LogP contribution in [0, 0.1) is 0 Å². The molecule has 2 aromatic rings. The van der Waals surface area contributed by atoms with Gasteiger partial charge in [-0.25, -0.2) is 0 Å². The third-order valence-corrected chi connectivity index (χ3v) is 5.57. The van der Waals surface area contributed by atoms with E-state index in [2.05, 4.69) is 17.0 Å². The van der Waals surface area contributed by atoms with E-state index in [1.54, 1.807) is 32.4 Å².